The molecule has 0 bridgehead atoms. The minimum absolute atomic E-state index is 0.0314. The lowest BCUT2D eigenvalue weighted by Crippen LogP contribution is -2.09. The molecule has 9 nitrogen and oxygen atoms in total. The summed E-state index contributed by atoms with van der Waals surface area (Å²) < 4.78 is 10.6. The van der Waals surface area contributed by atoms with Gasteiger partial charge in [-0.25, -0.2) is 9.97 Å². The fourth-order valence-electron chi connectivity index (χ4n) is 2.74. The Hall–Kier alpha value is -3.59. The van der Waals surface area contributed by atoms with Crippen molar-refractivity contribution >= 4 is 28.8 Å². The average Bonchev–Trinajstić information content (AvgIpc) is 2.76. The number of hydrogen-bond acceptors (Lipinski definition) is 8. The number of aromatic nitrogens is 2. The first-order chi connectivity index (χ1) is 14.5. The van der Waals surface area contributed by atoms with E-state index in [1.807, 2.05) is 12.1 Å². The standard InChI is InChI=1S/C20H20ClN5O4/c1-29-17-7-15(8-18(9-17)30-2)22-11-14-12-24-20(21)25-19(14)23-10-13-4-3-5-16(6-13)26(27)28/h3-9,12,22H,10-11H2,1-2H3,(H,23,24,25). The third kappa shape index (κ3) is 5.48. The largest absolute Gasteiger partial charge is 0.497 e. The molecular formula is C20H20ClN5O4. The molecule has 0 saturated heterocycles. The summed E-state index contributed by atoms with van der Waals surface area (Å²) in [7, 11) is 3.17. The van der Waals surface area contributed by atoms with Crippen LogP contribution in [0.5, 0.6) is 11.5 Å². The maximum Gasteiger partial charge on any atom is 0.269 e. The predicted octanol–water partition coefficient (Wildman–Crippen LogP) is 4.28. The summed E-state index contributed by atoms with van der Waals surface area (Å²) >= 11 is 5.96. The molecule has 0 unspecified atom stereocenters. The third-order valence-electron chi connectivity index (χ3n) is 4.25. The smallest absolute Gasteiger partial charge is 0.269 e. The Labute approximate surface area is 178 Å². The Morgan fingerprint density at radius 3 is 2.47 bits per heavy atom. The second-order valence-electron chi connectivity index (χ2n) is 6.25. The number of benzene rings is 2. The molecule has 1 heterocycles. The zero-order valence-electron chi connectivity index (χ0n) is 16.4. The fourth-order valence-corrected chi connectivity index (χ4v) is 2.87. The van der Waals surface area contributed by atoms with Gasteiger partial charge in [0, 0.05) is 60.9 Å². The first-order valence-electron chi connectivity index (χ1n) is 8.94. The number of nitro groups is 1. The fraction of sp³-hybridized carbons (Fsp3) is 0.200. The Morgan fingerprint density at radius 2 is 1.80 bits per heavy atom. The van der Waals surface area contributed by atoms with Gasteiger partial charge in [0.15, 0.2) is 0 Å². The molecule has 0 aliphatic rings. The van der Waals surface area contributed by atoms with E-state index < -0.39 is 4.92 Å². The average molecular weight is 430 g/mol. The van der Waals surface area contributed by atoms with Crippen LogP contribution in [-0.2, 0) is 13.1 Å². The summed E-state index contributed by atoms with van der Waals surface area (Å²) in [6.45, 7) is 0.750. The topological polar surface area (TPSA) is 111 Å². The van der Waals surface area contributed by atoms with Crippen molar-refractivity contribution in [1.29, 1.82) is 0 Å². The van der Waals surface area contributed by atoms with Gasteiger partial charge in [0.2, 0.25) is 5.28 Å². The maximum atomic E-state index is 11.0. The van der Waals surface area contributed by atoms with Gasteiger partial charge in [0.1, 0.15) is 17.3 Å². The minimum Gasteiger partial charge on any atom is -0.497 e. The quantitative estimate of drug-likeness (QED) is 0.294. The van der Waals surface area contributed by atoms with Crippen LogP contribution >= 0.6 is 11.6 Å². The molecule has 0 saturated carbocycles. The van der Waals surface area contributed by atoms with Crippen molar-refractivity contribution in [2.45, 2.75) is 13.1 Å². The van der Waals surface area contributed by atoms with E-state index in [-0.39, 0.29) is 11.0 Å². The van der Waals surface area contributed by atoms with Crippen LogP contribution in [0.15, 0.2) is 48.7 Å². The van der Waals surface area contributed by atoms with Crippen LogP contribution < -0.4 is 20.1 Å². The molecular weight excluding hydrogens is 410 g/mol. The normalized spacial score (nSPS) is 10.4. The van der Waals surface area contributed by atoms with Gasteiger partial charge in [-0.2, -0.15) is 0 Å². The summed E-state index contributed by atoms with van der Waals surface area (Å²) in [4.78, 5) is 18.8. The Bertz CT molecular complexity index is 1030. The molecule has 0 spiro atoms. The highest BCUT2D eigenvalue weighted by Gasteiger charge is 2.10. The van der Waals surface area contributed by atoms with Gasteiger partial charge in [-0.3, -0.25) is 10.1 Å². The van der Waals surface area contributed by atoms with Gasteiger partial charge in [-0.1, -0.05) is 12.1 Å². The van der Waals surface area contributed by atoms with Crippen LogP contribution in [0.1, 0.15) is 11.1 Å². The van der Waals surface area contributed by atoms with E-state index in [1.54, 1.807) is 38.6 Å². The zero-order valence-corrected chi connectivity index (χ0v) is 17.1. The molecule has 156 valence electrons. The van der Waals surface area contributed by atoms with E-state index in [0.717, 1.165) is 16.8 Å². The number of hydrogen-bond donors (Lipinski definition) is 2. The molecule has 0 atom stereocenters. The van der Waals surface area contributed by atoms with E-state index in [0.29, 0.717) is 30.4 Å². The van der Waals surface area contributed by atoms with Gasteiger partial charge in [0.05, 0.1) is 19.1 Å². The Balaban J connectivity index is 1.74. The molecule has 0 aliphatic carbocycles. The maximum absolute atomic E-state index is 11.0. The molecule has 1 aromatic heterocycles. The van der Waals surface area contributed by atoms with E-state index in [4.69, 9.17) is 21.1 Å². The lowest BCUT2D eigenvalue weighted by Gasteiger charge is -2.14. The van der Waals surface area contributed by atoms with E-state index in [9.17, 15) is 10.1 Å². The SMILES string of the molecule is COc1cc(NCc2cnc(Cl)nc2NCc2cccc([N+](=O)[O-])c2)cc(OC)c1. The van der Waals surface area contributed by atoms with Crippen molar-refractivity contribution in [2.24, 2.45) is 0 Å². The van der Waals surface area contributed by atoms with E-state index >= 15 is 0 Å². The van der Waals surface area contributed by atoms with Gasteiger partial charge in [0.25, 0.3) is 5.69 Å². The second kappa shape index (κ2) is 9.75. The predicted molar refractivity (Wildman–Crippen MR) is 114 cm³/mol. The molecule has 30 heavy (non-hydrogen) atoms. The monoisotopic (exact) mass is 429 g/mol. The van der Waals surface area contributed by atoms with E-state index in [1.165, 1.54) is 12.1 Å². The van der Waals surface area contributed by atoms with Gasteiger partial charge < -0.3 is 20.1 Å². The van der Waals surface area contributed by atoms with Gasteiger partial charge in [-0.05, 0) is 17.2 Å². The summed E-state index contributed by atoms with van der Waals surface area (Å²) in [6.07, 6.45) is 1.62. The highest BCUT2D eigenvalue weighted by molar-refractivity contribution is 6.28. The number of nitro benzene ring substituents is 1. The van der Waals surface area contributed by atoms with Crippen LogP contribution in [0.3, 0.4) is 0 Å². The van der Waals surface area contributed by atoms with Crippen molar-refractivity contribution in [2.75, 3.05) is 24.9 Å². The number of ether oxygens (including phenoxy) is 2. The van der Waals surface area contributed by atoms with Crippen molar-refractivity contribution in [1.82, 2.24) is 9.97 Å². The van der Waals surface area contributed by atoms with Crippen LogP contribution in [0.25, 0.3) is 0 Å². The molecule has 10 heteroatoms. The van der Waals surface area contributed by atoms with E-state index in [2.05, 4.69) is 20.6 Å². The molecule has 2 aromatic carbocycles. The summed E-state index contributed by atoms with van der Waals surface area (Å²) in [6, 6.07) is 11.9. The number of non-ortho nitro benzene ring substituents is 1. The zero-order chi connectivity index (χ0) is 21.5. The lowest BCUT2D eigenvalue weighted by molar-refractivity contribution is -0.384. The molecule has 3 rings (SSSR count). The van der Waals surface area contributed by atoms with Crippen LogP contribution in [-0.4, -0.2) is 29.1 Å². The van der Waals surface area contributed by atoms with Crippen LogP contribution in [0.4, 0.5) is 17.2 Å². The highest BCUT2D eigenvalue weighted by Crippen LogP contribution is 2.27. The van der Waals surface area contributed by atoms with Crippen LogP contribution in [0.2, 0.25) is 5.28 Å². The first kappa shape index (κ1) is 21.1. The lowest BCUT2D eigenvalue weighted by atomic mass is 10.2. The second-order valence-corrected chi connectivity index (χ2v) is 6.59. The van der Waals surface area contributed by atoms with Gasteiger partial charge >= 0.3 is 0 Å². The number of nitrogens with zero attached hydrogens (tertiary/aromatic N) is 3. The van der Waals surface area contributed by atoms with Crippen molar-refractivity contribution in [3.8, 4) is 11.5 Å². The Kier molecular flexibility index (Phi) is 6.87. The molecule has 0 amide bonds. The molecule has 0 radical (unpaired) electrons. The highest BCUT2D eigenvalue weighted by atomic mass is 35.5. The number of anilines is 2. The first-order valence-corrected chi connectivity index (χ1v) is 9.32. The number of halogens is 1. The number of rotatable bonds is 9. The molecule has 0 fully saturated rings. The van der Waals surface area contributed by atoms with Crippen molar-refractivity contribution in [3.05, 3.63) is 75.2 Å². The molecule has 3 aromatic rings. The number of nitrogens with one attached hydrogen (secondary N) is 2. The van der Waals surface area contributed by atoms with Crippen LogP contribution in [0, 0.1) is 10.1 Å². The molecule has 2 N–H and O–H groups in total. The third-order valence-corrected chi connectivity index (χ3v) is 4.43. The van der Waals surface area contributed by atoms with Crippen molar-refractivity contribution in [3.63, 3.8) is 0 Å². The van der Waals surface area contributed by atoms with Crippen molar-refractivity contribution < 1.29 is 14.4 Å². The minimum atomic E-state index is -0.428. The molecule has 0 aliphatic heterocycles. The van der Waals surface area contributed by atoms with Gasteiger partial charge in [-0.15, -0.1) is 0 Å². The Morgan fingerprint density at radius 1 is 1.07 bits per heavy atom. The summed E-state index contributed by atoms with van der Waals surface area (Å²) in [5, 5.41) is 17.5. The number of methoxy groups -OCH3 is 2. The summed E-state index contributed by atoms with van der Waals surface area (Å²) in [5.74, 6) is 1.85. The summed E-state index contributed by atoms with van der Waals surface area (Å²) in [5.41, 5.74) is 2.34.